The predicted octanol–water partition coefficient (Wildman–Crippen LogP) is 3.19. The molecule has 4 rings (SSSR count). The summed E-state index contributed by atoms with van der Waals surface area (Å²) >= 11 is 0. The van der Waals surface area contributed by atoms with Crippen molar-refractivity contribution in [3.8, 4) is 11.3 Å². The number of sulfonamides is 1. The lowest BCUT2D eigenvalue weighted by Gasteiger charge is -2.31. The maximum Gasteiger partial charge on any atom is 0.262 e. The van der Waals surface area contributed by atoms with E-state index in [2.05, 4.69) is 4.98 Å². The van der Waals surface area contributed by atoms with Crippen molar-refractivity contribution in [3.05, 3.63) is 66.5 Å². The normalized spacial score (nSPS) is 18.3. The van der Waals surface area contributed by atoms with Crippen LogP contribution in [0.1, 0.15) is 24.5 Å². The van der Waals surface area contributed by atoms with E-state index in [1.54, 1.807) is 23.7 Å². The van der Waals surface area contributed by atoms with Crippen molar-refractivity contribution in [1.29, 1.82) is 0 Å². The van der Waals surface area contributed by atoms with Crippen molar-refractivity contribution in [2.45, 2.75) is 23.8 Å². The van der Waals surface area contributed by atoms with Crippen LogP contribution in [0, 0.1) is 5.82 Å². The lowest BCUT2D eigenvalue weighted by molar-refractivity contribution is 0.312. The standard InChI is InChI=1S/C20H21FN4O2S/c1-24-13-20(22-14-24)28(26,27)25-11-3-4-16(12-25)19-6-2-5-18(23-19)15-7-9-17(21)10-8-15/h2,5-10,13-14,16H,3-4,11-12H2,1H3. The number of imidazole rings is 1. The van der Waals surface area contributed by atoms with E-state index in [0.717, 1.165) is 29.8 Å². The summed E-state index contributed by atoms with van der Waals surface area (Å²) in [5.41, 5.74) is 2.43. The van der Waals surface area contributed by atoms with Gasteiger partial charge in [-0.3, -0.25) is 4.98 Å². The van der Waals surface area contributed by atoms with Crippen LogP contribution in [0.2, 0.25) is 0 Å². The van der Waals surface area contributed by atoms with Gasteiger partial charge in [-0.15, -0.1) is 0 Å². The molecule has 1 aromatic carbocycles. The predicted molar refractivity (Wildman–Crippen MR) is 104 cm³/mol. The fourth-order valence-corrected chi connectivity index (χ4v) is 5.01. The molecule has 1 aliphatic heterocycles. The zero-order chi connectivity index (χ0) is 19.7. The first-order chi connectivity index (χ1) is 13.4. The second-order valence-corrected chi connectivity index (χ2v) is 8.92. The first-order valence-electron chi connectivity index (χ1n) is 9.14. The largest absolute Gasteiger partial charge is 0.339 e. The topological polar surface area (TPSA) is 68.1 Å². The highest BCUT2D eigenvalue weighted by molar-refractivity contribution is 7.89. The van der Waals surface area contributed by atoms with Gasteiger partial charge in [0.25, 0.3) is 10.0 Å². The Morgan fingerprint density at radius 2 is 1.93 bits per heavy atom. The van der Waals surface area contributed by atoms with Gasteiger partial charge in [0.1, 0.15) is 5.82 Å². The molecule has 0 amide bonds. The summed E-state index contributed by atoms with van der Waals surface area (Å²) in [7, 11) is -1.87. The number of rotatable bonds is 4. The van der Waals surface area contributed by atoms with Gasteiger partial charge in [-0.2, -0.15) is 4.31 Å². The van der Waals surface area contributed by atoms with E-state index in [0.29, 0.717) is 13.1 Å². The smallest absolute Gasteiger partial charge is 0.262 e. The van der Waals surface area contributed by atoms with E-state index in [-0.39, 0.29) is 16.8 Å². The molecule has 3 heterocycles. The summed E-state index contributed by atoms with van der Waals surface area (Å²) in [5, 5.41) is 0.0728. The quantitative estimate of drug-likeness (QED) is 0.675. The number of aryl methyl sites for hydroxylation is 1. The molecule has 28 heavy (non-hydrogen) atoms. The lowest BCUT2D eigenvalue weighted by atomic mass is 9.95. The summed E-state index contributed by atoms with van der Waals surface area (Å²) < 4.78 is 42.1. The van der Waals surface area contributed by atoms with Crippen LogP contribution in [0.15, 0.2) is 60.0 Å². The van der Waals surface area contributed by atoms with E-state index < -0.39 is 10.0 Å². The number of piperidine rings is 1. The Morgan fingerprint density at radius 3 is 2.64 bits per heavy atom. The molecule has 0 aliphatic carbocycles. The molecule has 1 aliphatic rings. The van der Waals surface area contributed by atoms with E-state index in [4.69, 9.17) is 4.98 Å². The SMILES string of the molecule is Cn1cnc(S(=O)(=O)N2CCCC(c3cccc(-c4ccc(F)cc4)n3)C2)c1. The molecule has 1 unspecified atom stereocenters. The molecule has 1 fully saturated rings. The van der Waals surface area contributed by atoms with E-state index in [9.17, 15) is 12.8 Å². The summed E-state index contributed by atoms with van der Waals surface area (Å²) in [5.74, 6) is -0.282. The average Bonchev–Trinajstić information content (AvgIpc) is 3.16. The van der Waals surface area contributed by atoms with E-state index in [1.807, 2.05) is 18.2 Å². The van der Waals surface area contributed by atoms with E-state index >= 15 is 0 Å². The third kappa shape index (κ3) is 3.70. The van der Waals surface area contributed by atoms with E-state index in [1.165, 1.54) is 29.0 Å². The van der Waals surface area contributed by atoms with Crippen LogP contribution in [0.25, 0.3) is 11.3 Å². The molecule has 0 saturated carbocycles. The third-order valence-electron chi connectivity index (χ3n) is 5.00. The Labute approximate surface area is 163 Å². The molecule has 0 bridgehead atoms. The van der Waals surface area contributed by atoms with Gasteiger partial charge in [0.05, 0.1) is 12.0 Å². The number of nitrogens with zero attached hydrogens (tertiary/aromatic N) is 4. The van der Waals surface area contributed by atoms with Gasteiger partial charge in [-0.25, -0.2) is 17.8 Å². The zero-order valence-corrected chi connectivity index (χ0v) is 16.3. The Kier molecular flexibility index (Phi) is 4.99. The highest BCUT2D eigenvalue weighted by Crippen LogP contribution is 2.30. The molecule has 8 heteroatoms. The molecule has 2 aromatic heterocycles. The van der Waals surface area contributed by atoms with Gasteiger partial charge < -0.3 is 4.57 Å². The zero-order valence-electron chi connectivity index (χ0n) is 15.5. The van der Waals surface area contributed by atoms with Gasteiger partial charge in [0.15, 0.2) is 5.03 Å². The summed E-state index contributed by atoms with van der Waals surface area (Å²) in [4.78, 5) is 8.73. The molecule has 146 valence electrons. The minimum absolute atomic E-state index is 0.00707. The number of aromatic nitrogens is 3. The summed E-state index contributed by atoms with van der Waals surface area (Å²) in [6.45, 7) is 0.853. The lowest BCUT2D eigenvalue weighted by Crippen LogP contribution is -2.39. The second kappa shape index (κ2) is 7.44. The minimum atomic E-state index is -3.62. The Balaban J connectivity index is 1.58. The van der Waals surface area contributed by atoms with Gasteiger partial charge in [0, 0.05) is 43.5 Å². The van der Waals surface area contributed by atoms with Gasteiger partial charge in [-0.1, -0.05) is 6.07 Å². The molecule has 0 radical (unpaired) electrons. The number of hydrogen-bond acceptors (Lipinski definition) is 4. The van der Waals surface area contributed by atoms with Crippen molar-refractivity contribution in [1.82, 2.24) is 18.8 Å². The van der Waals surface area contributed by atoms with Crippen LogP contribution in [-0.4, -0.2) is 40.3 Å². The Morgan fingerprint density at radius 1 is 1.14 bits per heavy atom. The molecule has 0 N–H and O–H groups in total. The fraction of sp³-hybridized carbons (Fsp3) is 0.300. The first-order valence-corrected chi connectivity index (χ1v) is 10.6. The maximum absolute atomic E-state index is 13.2. The Hall–Kier alpha value is -2.58. The summed E-state index contributed by atoms with van der Waals surface area (Å²) in [6, 6.07) is 11.9. The van der Waals surface area contributed by atoms with Crippen LogP contribution in [0.5, 0.6) is 0 Å². The molecular weight excluding hydrogens is 379 g/mol. The van der Waals surface area contributed by atoms with Gasteiger partial charge >= 0.3 is 0 Å². The highest BCUT2D eigenvalue weighted by Gasteiger charge is 2.32. The molecular formula is C20H21FN4O2S. The van der Waals surface area contributed by atoms with Crippen molar-refractivity contribution in [2.75, 3.05) is 13.1 Å². The van der Waals surface area contributed by atoms with Gasteiger partial charge in [-0.05, 0) is 49.2 Å². The highest BCUT2D eigenvalue weighted by atomic mass is 32.2. The van der Waals surface area contributed by atoms with Crippen LogP contribution in [-0.2, 0) is 17.1 Å². The first kappa shape index (κ1) is 18.8. The average molecular weight is 400 g/mol. The molecule has 6 nitrogen and oxygen atoms in total. The molecule has 1 atom stereocenters. The Bertz CT molecular complexity index is 1080. The van der Waals surface area contributed by atoms with Crippen molar-refractivity contribution < 1.29 is 12.8 Å². The molecule has 0 spiro atoms. The fourth-order valence-electron chi connectivity index (χ4n) is 3.52. The van der Waals surface area contributed by atoms with Crippen molar-refractivity contribution in [3.63, 3.8) is 0 Å². The van der Waals surface area contributed by atoms with Crippen molar-refractivity contribution >= 4 is 10.0 Å². The number of hydrogen-bond donors (Lipinski definition) is 0. The number of benzene rings is 1. The maximum atomic E-state index is 13.2. The molecule has 3 aromatic rings. The van der Waals surface area contributed by atoms with Crippen LogP contribution in [0.4, 0.5) is 4.39 Å². The van der Waals surface area contributed by atoms with Crippen LogP contribution >= 0.6 is 0 Å². The minimum Gasteiger partial charge on any atom is -0.339 e. The second-order valence-electron chi connectivity index (χ2n) is 7.03. The third-order valence-corrected chi connectivity index (χ3v) is 6.75. The van der Waals surface area contributed by atoms with Crippen molar-refractivity contribution in [2.24, 2.45) is 7.05 Å². The number of pyridine rings is 1. The monoisotopic (exact) mass is 400 g/mol. The summed E-state index contributed by atoms with van der Waals surface area (Å²) in [6.07, 6.45) is 4.64. The van der Waals surface area contributed by atoms with Crippen LogP contribution in [0.3, 0.4) is 0 Å². The van der Waals surface area contributed by atoms with Gasteiger partial charge in [0.2, 0.25) is 0 Å². The van der Waals surface area contributed by atoms with Crippen LogP contribution < -0.4 is 0 Å². The number of halogens is 1. The molecule has 1 saturated heterocycles.